The molecule has 6 nitrogen and oxygen atoms in total. The van der Waals surface area contributed by atoms with Crippen molar-refractivity contribution in [3.8, 4) is 0 Å². The van der Waals surface area contributed by atoms with E-state index < -0.39 is 0 Å². The van der Waals surface area contributed by atoms with Gasteiger partial charge in [-0.1, -0.05) is 0 Å². The fourth-order valence-corrected chi connectivity index (χ4v) is 1.92. The molecule has 110 valence electrons. The molecular formula is C13H25N3O3. The molecule has 2 atom stereocenters. The third-order valence-electron chi connectivity index (χ3n) is 2.76. The number of hydrogen-bond acceptors (Lipinski definition) is 4. The maximum atomic E-state index is 11.9. The van der Waals surface area contributed by atoms with Crippen LogP contribution in [0.15, 0.2) is 0 Å². The van der Waals surface area contributed by atoms with Crippen LogP contribution in [0, 0.1) is 0 Å². The summed E-state index contributed by atoms with van der Waals surface area (Å²) in [6.45, 7) is 9.28. The molecule has 0 aromatic rings. The minimum absolute atomic E-state index is 0.0614. The summed E-state index contributed by atoms with van der Waals surface area (Å²) in [6, 6.07) is -0.334. The quantitative estimate of drug-likeness (QED) is 0.661. The number of morpholine rings is 1. The summed E-state index contributed by atoms with van der Waals surface area (Å²) in [6.07, 6.45) is 0.141. The molecule has 0 spiro atoms. The van der Waals surface area contributed by atoms with E-state index in [4.69, 9.17) is 4.74 Å². The van der Waals surface area contributed by atoms with Crippen LogP contribution in [0.25, 0.3) is 0 Å². The van der Waals surface area contributed by atoms with Crippen LogP contribution >= 0.6 is 0 Å². The summed E-state index contributed by atoms with van der Waals surface area (Å²) in [4.78, 5) is 23.5. The second kappa shape index (κ2) is 6.86. The van der Waals surface area contributed by atoms with Gasteiger partial charge in [0.1, 0.15) is 6.04 Å². The van der Waals surface area contributed by atoms with Gasteiger partial charge < -0.3 is 20.7 Å². The lowest BCUT2D eigenvalue weighted by Crippen LogP contribution is -2.55. The molecule has 1 saturated heterocycles. The van der Waals surface area contributed by atoms with E-state index in [0.29, 0.717) is 19.7 Å². The first-order valence-corrected chi connectivity index (χ1v) is 6.73. The Balaban J connectivity index is 2.25. The van der Waals surface area contributed by atoms with E-state index >= 15 is 0 Å². The summed E-state index contributed by atoms with van der Waals surface area (Å²) >= 11 is 0. The second-order valence-corrected chi connectivity index (χ2v) is 5.85. The molecule has 0 unspecified atom stereocenters. The van der Waals surface area contributed by atoms with Crippen molar-refractivity contribution >= 4 is 11.8 Å². The molecular weight excluding hydrogens is 246 g/mol. The molecule has 1 heterocycles. The molecule has 1 aliphatic rings. The zero-order valence-electron chi connectivity index (χ0n) is 12.2. The molecule has 1 aliphatic heterocycles. The van der Waals surface area contributed by atoms with Crippen molar-refractivity contribution in [3.05, 3.63) is 0 Å². The van der Waals surface area contributed by atoms with Gasteiger partial charge in [0.25, 0.3) is 0 Å². The molecule has 3 N–H and O–H groups in total. The van der Waals surface area contributed by atoms with Gasteiger partial charge in [-0.15, -0.1) is 0 Å². The lowest BCUT2D eigenvalue weighted by atomic mass is 10.1. The Bertz CT molecular complexity index is 326. The highest BCUT2D eigenvalue weighted by Gasteiger charge is 2.27. The topological polar surface area (TPSA) is 79.5 Å². The van der Waals surface area contributed by atoms with Gasteiger partial charge >= 0.3 is 0 Å². The normalized spacial score (nSPS) is 23.8. The molecule has 19 heavy (non-hydrogen) atoms. The minimum atomic E-state index is -0.334. The minimum Gasteiger partial charge on any atom is -0.375 e. The molecule has 1 fully saturated rings. The largest absolute Gasteiger partial charge is 0.375 e. The maximum Gasteiger partial charge on any atom is 0.239 e. The van der Waals surface area contributed by atoms with Crippen molar-refractivity contribution in [1.82, 2.24) is 16.0 Å². The van der Waals surface area contributed by atoms with Gasteiger partial charge in [0, 0.05) is 25.0 Å². The lowest BCUT2D eigenvalue weighted by molar-refractivity contribution is -0.129. The summed E-state index contributed by atoms with van der Waals surface area (Å²) in [5.74, 6) is -0.176. The van der Waals surface area contributed by atoms with E-state index in [9.17, 15) is 9.59 Å². The molecule has 0 aromatic carbocycles. The van der Waals surface area contributed by atoms with Crippen LogP contribution in [-0.2, 0) is 14.3 Å². The van der Waals surface area contributed by atoms with E-state index in [1.807, 2.05) is 27.7 Å². The Morgan fingerprint density at radius 1 is 1.37 bits per heavy atom. The molecule has 0 radical (unpaired) electrons. The smallest absolute Gasteiger partial charge is 0.239 e. The fourth-order valence-electron chi connectivity index (χ4n) is 1.92. The number of carbonyl (C=O) groups is 2. The van der Waals surface area contributed by atoms with E-state index in [-0.39, 0.29) is 35.9 Å². The lowest BCUT2D eigenvalue weighted by Gasteiger charge is -2.29. The van der Waals surface area contributed by atoms with Crippen LogP contribution in [0.3, 0.4) is 0 Å². The van der Waals surface area contributed by atoms with Crippen molar-refractivity contribution in [2.24, 2.45) is 0 Å². The molecule has 0 bridgehead atoms. The first kappa shape index (κ1) is 15.9. The highest BCUT2D eigenvalue weighted by Crippen LogP contribution is 2.04. The average molecular weight is 271 g/mol. The maximum absolute atomic E-state index is 11.9. The Kier molecular flexibility index (Phi) is 5.75. The zero-order valence-corrected chi connectivity index (χ0v) is 12.2. The van der Waals surface area contributed by atoms with E-state index in [1.54, 1.807) is 0 Å². The van der Waals surface area contributed by atoms with Crippen LogP contribution in [0.2, 0.25) is 0 Å². The summed E-state index contributed by atoms with van der Waals surface area (Å²) < 4.78 is 5.40. The highest BCUT2D eigenvalue weighted by atomic mass is 16.5. The number of nitrogens with one attached hydrogen (secondary N) is 3. The monoisotopic (exact) mass is 271 g/mol. The average Bonchev–Trinajstić information content (AvgIpc) is 2.26. The molecule has 6 heteroatoms. The van der Waals surface area contributed by atoms with Crippen molar-refractivity contribution in [1.29, 1.82) is 0 Å². The van der Waals surface area contributed by atoms with Gasteiger partial charge in [-0.25, -0.2) is 0 Å². The van der Waals surface area contributed by atoms with E-state index in [0.717, 1.165) is 0 Å². The van der Waals surface area contributed by atoms with E-state index in [1.165, 1.54) is 0 Å². The third-order valence-corrected chi connectivity index (χ3v) is 2.76. The van der Waals surface area contributed by atoms with E-state index in [2.05, 4.69) is 16.0 Å². The first-order chi connectivity index (χ1) is 8.79. The summed E-state index contributed by atoms with van der Waals surface area (Å²) in [5, 5.41) is 8.72. The predicted molar refractivity (Wildman–Crippen MR) is 72.7 cm³/mol. The third kappa shape index (κ3) is 6.02. The number of carbonyl (C=O) groups excluding carboxylic acids is 2. The summed E-state index contributed by atoms with van der Waals surface area (Å²) in [7, 11) is 0. The molecule has 0 aromatic heterocycles. The number of rotatable bonds is 4. The van der Waals surface area contributed by atoms with Crippen LogP contribution < -0.4 is 16.0 Å². The van der Waals surface area contributed by atoms with Gasteiger partial charge in [-0.2, -0.15) is 0 Å². The van der Waals surface area contributed by atoms with Gasteiger partial charge in [0.05, 0.1) is 12.7 Å². The predicted octanol–water partition coefficient (Wildman–Crippen LogP) is -0.216. The Morgan fingerprint density at radius 3 is 2.63 bits per heavy atom. The Morgan fingerprint density at radius 2 is 2.05 bits per heavy atom. The number of amides is 2. The van der Waals surface area contributed by atoms with Gasteiger partial charge in [-0.3, -0.25) is 9.59 Å². The highest BCUT2D eigenvalue weighted by molar-refractivity contribution is 5.83. The van der Waals surface area contributed by atoms with Crippen LogP contribution in [0.5, 0.6) is 0 Å². The zero-order chi connectivity index (χ0) is 14.5. The molecule has 1 rings (SSSR count). The fraction of sp³-hybridized carbons (Fsp3) is 0.846. The van der Waals surface area contributed by atoms with Crippen molar-refractivity contribution in [3.63, 3.8) is 0 Å². The molecule has 0 saturated carbocycles. The Hall–Kier alpha value is -1.14. The first-order valence-electron chi connectivity index (χ1n) is 6.73. The van der Waals surface area contributed by atoms with Crippen molar-refractivity contribution in [2.75, 3.05) is 19.7 Å². The second-order valence-electron chi connectivity index (χ2n) is 5.85. The van der Waals surface area contributed by atoms with Crippen molar-refractivity contribution in [2.45, 2.75) is 51.8 Å². The molecule has 2 amide bonds. The SMILES string of the molecule is C[C@H]1OCCN[C@@H]1C(=O)NCCC(=O)NC(C)(C)C. The van der Waals surface area contributed by atoms with Gasteiger partial charge in [0.2, 0.25) is 11.8 Å². The van der Waals surface area contributed by atoms with Crippen LogP contribution in [-0.4, -0.2) is 49.2 Å². The number of ether oxygens (including phenoxy) is 1. The van der Waals surface area contributed by atoms with Gasteiger partial charge in [-0.05, 0) is 27.7 Å². The van der Waals surface area contributed by atoms with Crippen molar-refractivity contribution < 1.29 is 14.3 Å². The van der Waals surface area contributed by atoms with Gasteiger partial charge in [0.15, 0.2) is 0 Å². The number of hydrogen-bond donors (Lipinski definition) is 3. The van der Waals surface area contributed by atoms with Crippen LogP contribution in [0.1, 0.15) is 34.1 Å². The molecule has 0 aliphatic carbocycles. The summed E-state index contributed by atoms with van der Waals surface area (Å²) in [5.41, 5.74) is -0.242. The van der Waals surface area contributed by atoms with Crippen LogP contribution in [0.4, 0.5) is 0 Å². The standard InChI is InChI=1S/C13H25N3O3/c1-9-11(14-7-8-19-9)12(18)15-6-5-10(17)16-13(2,3)4/h9,11,14H,5-8H2,1-4H3,(H,15,18)(H,16,17)/t9-,11+/m1/s1. The Labute approximate surface area is 114 Å².